The van der Waals surface area contributed by atoms with Crippen molar-refractivity contribution in [1.82, 2.24) is 4.90 Å². The van der Waals surface area contributed by atoms with Crippen LogP contribution in [-0.4, -0.2) is 45.7 Å². The third kappa shape index (κ3) is 8.22. The summed E-state index contributed by atoms with van der Waals surface area (Å²) in [5, 5.41) is 18.8. The standard InChI is InChI=1S/C20H31NO4/c1-3-4-9-16(2)18(22)13-11-17-12-14-19(23)21(17)15-8-6-5-7-10-20(24)25/h11,13,16-18,22H,5-10,12,14-15H2,1-2H3,(H,24,25)/b13-11+. The van der Waals surface area contributed by atoms with Crippen molar-refractivity contribution in [2.45, 2.75) is 77.4 Å². The lowest BCUT2D eigenvalue weighted by Crippen LogP contribution is -2.33. The van der Waals surface area contributed by atoms with E-state index >= 15 is 0 Å². The van der Waals surface area contributed by atoms with Crippen molar-refractivity contribution >= 4 is 11.9 Å². The Hall–Kier alpha value is -1.80. The summed E-state index contributed by atoms with van der Waals surface area (Å²) in [6, 6.07) is 0.0608. The number of unbranched alkanes of at least 4 members (excludes halogenated alkanes) is 3. The van der Waals surface area contributed by atoms with Gasteiger partial charge in [0, 0.05) is 25.8 Å². The Bertz CT molecular complexity index is 518. The lowest BCUT2D eigenvalue weighted by molar-refractivity contribution is -0.137. The predicted molar refractivity (Wildman–Crippen MR) is 97.8 cm³/mol. The Morgan fingerprint density at radius 1 is 1.36 bits per heavy atom. The van der Waals surface area contributed by atoms with Gasteiger partial charge in [-0.15, -0.1) is 11.8 Å². The number of rotatable bonds is 11. The predicted octanol–water partition coefficient (Wildman–Crippen LogP) is 2.98. The first-order chi connectivity index (χ1) is 12.0. The highest BCUT2D eigenvalue weighted by Crippen LogP contribution is 2.21. The van der Waals surface area contributed by atoms with Crippen molar-refractivity contribution in [3.63, 3.8) is 0 Å². The van der Waals surface area contributed by atoms with E-state index in [9.17, 15) is 14.7 Å². The lowest BCUT2D eigenvalue weighted by Gasteiger charge is -2.23. The van der Waals surface area contributed by atoms with Crippen LogP contribution in [-0.2, 0) is 9.59 Å². The van der Waals surface area contributed by atoms with Gasteiger partial charge in [-0.25, -0.2) is 0 Å². The van der Waals surface area contributed by atoms with Crippen LogP contribution in [0.2, 0.25) is 0 Å². The molecule has 140 valence electrons. The Kier molecular flexibility index (Phi) is 9.94. The number of likely N-dealkylation sites (tertiary alicyclic amines) is 1. The second-order valence-electron chi connectivity index (χ2n) is 6.73. The highest BCUT2D eigenvalue weighted by molar-refractivity contribution is 5.79. The molecular formula is C20H31NO4. The minimum Gasteiger partial charge on any atom is -0.481 e. The normalized spacial score (nSPS) is 19.7. The Morgan fingerprint density at radius 2 is 2.08 bits per heavy atom. The summed E-state index contributed by atoms with van der Waals surface area (Å²) in [5.41, 5.74) is 0. The zero-order chi connectivity index (χ0) is 18.7. The van der Waals surface area contributed by atoms with Crippen LogP contribution in [0.5, 0.6) is 0 Å². The molecule has 1 saturated heterocycles. The molecule has 1 aliphatic rings. The van der Waals surface area contributed by atoms with Gasteiger partial charge in [0.2, 0.25) is 5.91 Å². The van der Waals surface area contributed by atoms with Crippen molar-refractivity contribution in [3.05, 3.63) is 12.2 Å². The largest absolute Gasteiger partial charge is 0.481 e. The summed E-state index contributed by atoms with van der Waals surface area (Å²) in [6.45, 7) is 4.46. The highest BCUT2D eigenvalue weighted by Gasteiger charge is 2.28. The number of carboxylic acids is 1. The van der Waals surface area contributed by atoms with Crippen molar-refractivity contribution < 1.29 is 19.8 Å². The third-order valence-corrected chi connectivity index (χ3v) is 4.63. The van der Waals surface area contributed by atoms with Gasteiger partial charge < -0.3 is 15.1 Å². The number of carbonyl (C=O) groups is 2. The first-order valence-electron chi connectivity index (χ1n) is 9.23. The molecular weight excluding hydrogens is 318 g/mol. The van der Waals surface area contributed by atoms with Gasteiger partial charge in [0.25, 0.3) is 0 Å². The SMILES string of the molecule is CC#CCC(C)C(O)/C=C/C1CCC(=O)N1CCCCCCC(=O)O. The van der Waals surface area contributed by atoms with Crippen LogP contribution in [0.15, 0.2) is 12.2 Å². The maximum atomic E-state index is 12.0. The third-order valence-electron chi connectivity index (χ3n) is 4.63. The molecule has 0 aromatic heterocycles. The first-order valence-corrected chi connectivity index (χ1v) is 9.23. The molecule has 0 saturated carbocycles. The summed E-state index contributed by atoms with van der Waals surface area (Å²) in [5.74, 6) is 5.30. The zero-order valence-corrected chi connectivity index (χ0v) is 15.4. The molecule has 0 aromatic carbocycles. The topological polar surface area (TPSA) is 77.8 Å². The Morgan fingerprint density at radius 3 is 2.76 bits per heavy atom. The fourth-order valence-electron chi connectivity index (χ4n) is 2.97. The molecule has 1 heterocycles. The molecule has 1 rings (SSSR count). The summed E-state index contributed by atoms with van der Waals surface area (Å²) in [6.07, 6.45) is 8.82. The lowest BCUT2D eigenvalue weighted by atomic mass is 10.00. The average Bonchev–Trinajstić information content (AvgIpc) is 2.93. The number of amides is 1. The van der Waals surface area contributed by atoms with Gasteiger partial charge in [0.05, 0.1) is 12.1 Å². The summed E-state index contributed by atoms with van der Waals surface area (Å²) < 4.78 is 0. The van der Waals surface area contributed by atoms with E-state index in [1.54, 1.807) is 13.0 Å². The van der Waals surface area contributed by atoms with Gasteiger partial charge >= 0.3 is 5.97 Å². The maximum Gasteiger partial charge on any atom is 0.303 e. The van der Waals surface area contributed by atoms with Crippen LogP contribution in [0, 0.1) is 17.8 Å². The van der Waals surface area contributed by atoms with Crippen LogP contribution in [0.3, 0.4) is 0 Å². The van der Waals surface area contributed by atoms with Gasteiger partial charge in [-0.1, -0.05) is 31.9 Å². The van der Waals surface area contributed by atoms with E-state index in [2.05, 4.69) is 11.8 Å². The molecule has 3 unspecified atom stereocenters. The Balaban J connectivity index is 2.39. The molecule has 5 nitrogen and oxygen atoms in total. The van der Waals surface area contributed by atoms with Gasteiger partial charge in [-0.3, -0.25) is 9.59 Å². The highest BCUT2D eigenvalue weighted by atomic mass is 16.4. The number of nitrogens with zero attached hydrogens (tertiary/aromatic N) is 1. The summed E-state index contributed by atoms with van der Waals surface area (Å²) in [4.78, 5) is 24.4. The number of carboxylic acid groups (broad SMARTS) is 1. The fourth-order valence-corrected chi connectivity index (χ4v) is 2.97. The molecule has 5 heteroatoms. The molecule has 0 radical (unpaired) electrons. The van der Waals surface area contributed by atoms with Crippen LogP contribution in [0.4, 0.5) is 0 Å². The van der Waals surface area contributed by atoms with E-state index in [1.807, 2.05) is 17.9 Å². The fraction of sp³-hybridized carbons (Fsp3) is 0.700. The maximum absolute atomic E-state index is 12.0. The molecule has 1 fully saturated rings. The number of aliphatic hydroxyl groups is 1. The van der Waals surface area contributed by atoms with E-state index in [0.717, 1.165) is 25.7 Å². The van der Waals surface area contributed by atoms with E-state index in [1.165, 1.54) is 0 Å². The zero-order valence-electron chi connectivity index (χ0n) is 15.4. The van der Waals surface area contributed by atoms with E-state index in [-0.39, 0.29) is 24.3 Å². The monoisotopic (exact) mass is 349 g/mol. The van der Waals surface area contributed by atoms with Crippen molar-refractivity contribution in [2.24, 2.45) is 5.92 Å². The van der Waals surface area contributed by atoms with Crippen molar-refractivity contribution in [2.75, 3.05) is 6.54 Å². The van der Waals surface area contributed by atoms with Gasteiger partial charge in [-0.05, 0) is 32.1 Å². The minimum atomic E-state index is -0.752. The van der Waals surface area contributed by atoms with Crippen LogP contribution >= 0.6 is 0 Å². The van der Waals surface area contributed by atoms with Gasteiger partial charge in [0.1, 0.15) is 0 Å². The number of hydrogen-bond acceptors (Lipinski definition) is 3. The first kappa shape index (κ1) is 21.2. The van der Waals surface area contributed by atoms with Crippen LogP contribution < -0.4 is 0 Å². The molecule has 0 aromatic rings. The second kappa shape index (κ2) is 11.7. The second-order valence-corrected chi connectivity index (χ2v) is 6.73. The Labute approximate surface area is 151 Å². The number of carbonyl (C=O) groups excluding carboxylic acids is 1. The molecule has 1 amide bonds. The van der Waals surface area contributed by atoms with Gasteiger partial charge in [0.15, 0.2) is 0 Å². The molecule has 0 bridgehead atoms. The van der Waals surface area contributed by atoms with E-state index < -0.39 is 12.1 Å². The molecule has 2 N–H and O–H groups in total. The number of aliphatic carboxylic acids is 1. The van der Waals surface area contributed by atoms with E-state index in [4.69, 9.17) is 5.11 Å². The summed E-state index contributed by atoms with van der Waals surface area (Å²) in [7, 11) is 0. The number of aliphatic hydroxyl groups excluding tert-OH is 1. The smallest absolute Gasteiger partial charge is 0.303 e. The quantitative estimate of drug-likeness (QED) is 0.341. The molecule has 3 atom stereocenters. The van der Waals surface area contributed by atoms with Crippen LogP contribution in [0.1, 0.15) is 65.2 Å². The molecule has 25 heavy (non-hydrogen) atoms. The van der Waals surface area contributed by atoms with Crippen molar-refractivity contribution in [1.29, 1.82) is 0 Å². The molecule has 0 spiro atoms. The number of hydrogen-bond donors (Lipinski definition) is 2. The molecule has 1 aliphatic heterocycles. The average molecular weight is 349 g/mol. The van der Waals surface area contributed by atoms with Crippen molar-refractivity contribution in [3.8, 4) is 11.8 Å². The molecule has 0 aliphatic carbocycles. The van der Waals surface area contributed by atoms with Crippen LogP contribution in [0.25, 0.3) is 0 Å². The summed E-state index contributed by atoms with van der Waals surface area (Å²) >= 11 is 0. The van der Waals surface area contributed by atoms with Gasteiger partial charge in [-0.2, -0.15) is 0 Å². The van der Waals surface area contributed by atoms with E-state index in [0.29, 0.717) is 25.8 Å². The minimum absolute atomic E-state index is 0.0608.